The molecule has 0 fully saturated rings. The van der Waals surface area contributed by atoms with Gasteiger partial charge in [-0.1, -0.05) is 20.8 Å². The number of pyridine rings is 1. The smallest absolute Gasteiger partial charge is 0.412 e. The first-order valence-corrected chi connectivity index (χ1v) is 6.71. The van der Waals surface area contributed by atoms with Gasteiger partial charge in [0.05, 0.1) is 5.69 Å². The van der Waals surface area contributed by atoms with E-state index in [0.717, 1.165) is 23.4 Å². The average Bonchev–Trinajstić information content (AvgIpc) is 2.25. The summed E-state index contributed by atoms with van der Waals surface area (Å²) in [4.78, 5) is 16.2. The first kappa shape index (κ1) is 15.5. The van der Waals surface area contributed by atoms with E-state index in [2.05, 4.69) is 24.1 Å². The van der Waals surface area contributed by atoms with Gasteiger partial charge < -0.3 is 4.74 Å². The SMILES string of the molecule is CCc1cc(NC(=O)OC(C)(C)C)c(C(C)C)cn1. The molecule has 0 atom stereocenters. The molecule has 19 heavy (non-hydrogen) atoms. The van der Waals surface area contributed by atoms with Crippen molar-refractivity contribution in [3.63, 3.8) is 0 Å². The number of rotatable bonds is 3. The molecule has 0 radical (unpaired) electrons. The molecule has 1 rings (SSSR count). The maximum atomic E-state index is 11.8. The number of carbonyl (C=O) groups excluding carboxylic acids is 1. The van der Waals surface area contributed by atoms with Crippen molar-refractivity contribution in [3.05, 3.63) is 23.5 Å². The number of nitrogens with one attached hydrogen (secondary N) is 1. The second kappa shape index (κ2) is 6.04. The van der Waals surface area contributed by atoms with Crippen LogP contribution in [0.4, 0.5) is 10.5 Å². The minimum Gasteiger partial charge on any atom is -0.444 e. The van der Waals surface area contributed by atoms with Crippen LogP contribution in [0.3, 0.4) is 0 Å². The standard InChI is InChI=1S/C15H24N2O2/c1-7-11-8-13(12(9-16-11)10(2)3)17-14(18)19-15(4,5)6/h8-10H,7H2,1-6H3,(H,16,17,18). The molecule has 4 nitrogen and oxygen atoms in total. The van der Waals surface area contributed by atoms with Crippen molar-refractivity contribution in [2.24, 2.45) is 0 Å². The molecule has 4 heteroatoms. The number of anilines is 1. The Labute approximate surface area is 115 Å². The zero-order valence-electron chi connectivity index (χ0n) is 12.7. The predicted molar refractivity (Wildman–Crippen MR) is 77.6 cm³/mol. The number of ether oxygens (including phenoxy) is 1. The molecule has 1 N–H and O–H groups in total. The third kappa shape index (κ3) is 4.89. The molecule has 106 valence electrons. The quantitative estimate of drug-likeness (QED) is 0.893. The second-order valence-electron chi connectivity index (χ2n) is 5.90. The van der Waals surface area contributed by atoms with Crippen molar-refractivity contribution in [2.75, 3.05) is 5.32 Å². The molecule has 0 saturated carbocycles. The summed E-state index contributed by atoms with van der Waals surface area (Å²) in [5, 5.41) is 2.82. The van der Waals surface area contributed by atoms with Gasteiger partial charge in [-0.3, -0.25) is 10.3 Å². The Hall–Kier alpha value is -1.58. The van der Waals surface area contributed by atoms with Crippen LogP contribution in [0.1, 0.15) is 58.7 Å². The number of carbonyl (C=O) groups is 1. The van der Waals surface area contributed by atoms with Crippen LogP contribution in [-0.2, 0) is 11.2 Å². The Balaban J connectivity index is 2.94. The molecule has 1 aromatic heterocycles. The summed E-state index contributed by atoms with van der Waals surface area (Å²) in [5.41, 5.74) is 2.26. The van der Waals surface area contributed by atoms with Gasteiger partial charge in [-0.2, -0.15) is 0 Å². The molecular formula is C15H24N2O2. The topological polar surface area (TPSA) is 51.2 Å². The maximum Gasteiger partial charge on any atom is 0.412 e. The summed E-state index contributed by atoms with van der Waals surface area (Å²) >= 11 is 0. The minimum atomic E-state index is -0.497. The molecule has 1 amide bonds. The first-order chi connectivity index (χ1) is 8.73. The largest absolute Gasteiger partial charge is 0.444 e. The van der Waals surface area contributed by atoms with Gasteiger partial charge >= 0.3 is 6.09 Å². The van der Waals surface area contributed by atoms with Crippen molar-refractivity contribution < 1.29 is 9.53 Å². The lowest BCUT2D eigenvalue weighted by molar-refractivity contribution is 0.0636. The number of hydrogen-bond acceptors (Lipinski definition) is 3. The molecular weight excluding hydrogens is 240 g/mol. The summed E-state index contributed by atoms with van der Waals surface area (Å²) in [5.74, 6) is 0.295. The van der Waals surface area contributed by atoms with Crippen LogP contribution < -0.4 is 5.32 Å². The van der Waals surface area contributed by atoms with E-state index in [0.29, 0.717) is 5.92 Å². The second-order valence-corrected chi connectivity index (χ2v) is 5.90. The molecule has 0 bridgehead atoms. The maximum absolute atomic E-state index is 11.8. The molecule has 0 spiro atoms. The highest BCUT2D eigenvalue weighted by Crippen LogP contribution is 2.25. The van der Waals surface area contributed by atoms with Crippen LogP contribution in [-0.4, -0.2) is 16.7 Å². The highest BCUT2D eigenvalue weighted by Gasteiger charge is 2.18. The van der Waals surface area contributed by atoms with Gasteiger partial charge in [-0.15, -0.1) is 0 Å². The molecule has 0 unspecified atom stereocenters. The molecule has 0 aliphatic rings. The van der Waals surface area contributed by atoms with E-state index in [-0.39, 0.29) is 0 Å². The first-order valence-electron chi connectivity index (χ1n) is 6.71. The summed E-state index contributed by atoms with van der Waals surface area (Å²) in [6.07, 6.45) is 2.24. The van der Waals surface area contributed by atoms with Crippen molar-refractivity contribution in [3.8, 4) is 0 Å². The Morgan fingerprint density at radius 1 is 1.42 bits per heavy atom. The third-order valence-corrected chi connectivity index (χ3v) is 2.61. The Morgan fingerprint density at radius 2 is 2.05 bits per heavy atom. The van der Waals surface area contributed by atoms with Crippen LogP contribution in [0.25, 0.3) is 0 Å². The lowest BCUT2D eigenvalue weighted by Gasteiger charge is -2.21. The van der Waals surface area contributed by atoms with E-state index in [9.17, 15) is 4.79 Å². The number of aryl methyl sites for hydroxylation is 1. The van der Waals surface area contributed by atoms with E-state index in [1.807, 2.05) is 40.0 Å². The highest BCUT2D eigenvalue weighted by molar-refractivity contribution is 5.86. The van der Waals surface area contributed by atoms with Crippen LogP contribution in [0, 0.1) is 0 Å². The predicted octanol–water partition coefficient (Wildman–Crippen LogP) is 4.11. The van der Waals surface area contributed by atoms with Crippen molar-refractivity contribution in [2.45, 2.75) is 59.5 Å². The molecule has 1 aromatic rings. The Kier molecular flexibility index (Phi) is 4.92. The van der Waals surface area contributed by atoms with Crippen LogP contribution in [0.15, 0.2) is 12.3 Å². The Bertz CT molecular complexity index is 448. The molecule has 1 heterocycles. The molecule has 0 aliphatic heterocycles. The number of aromatic nitrogens is 1. The molecule has 0 aliphatic carbocycles. The van der Waals surface area contributed by atoms with E-state index in [1.165, 1.54) is 0 Å². The molecule has 0 saturated heterocycles. The van der Waals surface area contributed by atoms with E-state index < -0.39 is 11.7 Å². The fourth-order valence-corrected chi connectivity index (χ4v) is 1.68. The number of amides is 1. The minimum absolute atomic E-state index is 0.295. The molecule has 0 aromatic carbocycles. The van der Waals surface area contributed by atoms with Crippen molar-refractivity contribution >= 4 is 11.8 Å². The van der Waals surface area contributed by atoms with Gasteiger partial charge in [0.25, 0.3) is 0 Å². The van der Waals surface area contributed by atoms with Crippen molar-refractivity contribution in [1.29, 1.82) is 0 Å². The van der Waals surface area contributed by atoms with Gasteiger partial charge in [0.2, 0.25) is 0 Å². The van der Waals surface area contributed by atoms with E-state index >= 15 is 0 Å². The van der Waals surface area contributed by atoms with Crippen molar-refractivity contribution in [1.82, 2.24) is 4.98 Å². The highest BCUT2D eigenvalue weighted by atomic mass is 16.6. The van der Waals surface area contributed by atoms with Gasteiger partial charge in [-0.25, -0.2) is 4.79 Å². The summed E-state index contributed by atoms with van der Waals surface area (Å²) in [7, 11) is 0. The van der Waals surface area contributed by atoms with Crippen LogP contribution in [0.5, 0.6) is 0 Å². The Morgan fingerprint density at radius 3 is 2.53 bits per heavy atom. The normalized spacial score (nSPS) is 11.5. The number of hydrogen-bond donors (Lipinski definition) is 1. The van der Waals surface area contributed by atoms with Gasteiger partial charge in [0.15, 0.2) is 0 Å². The monoisotopic (exact) mass is 264 g/mol. The van der Waals surface area contributed by atoms with E-state index in [4.69, 9.17) is 4.74 Å². The lowest BCUT2D eigenvalue weighted by Crippen LogP contribution is -2.27. The average molecular weight is 264 g/mol. The summed E-state index contributed by atoms with van der Waals surface area (Å²) in [6, 6.07) is 1.92. The van der Waals surface area contributed by atoms with Crippen LogP contribution >= 0.6 is 0 Å². The van der Waals surface area contributed by atoms with Gasteiger partial charge in [0, 0.05) is 11.9 Å². The van der Waals surface area contributed by atoms with Gasteiger partial charge in [0.1, 0.15) is 5.60 Å². The number of nitrogens with zero attached hydrogens (tertiary/aromatic N) is 1. The fourth-order valence-electron chi connectivity index (χ4n) is 1.68. The van der Waals surface area contributed by atoms with Crippen LogP contribution in [0.2, 0.25) is 0 Å². The zero-order chi connectivity index (χ0) is 14.6. The zero-order valence-corrected chi connectivity index (χ0v) is 12.7. The summed E-state index contributed by atoms with van der Waals surface area (Å²) in [6.45, 7) is 11.7. The lowest BCUT2D eigenvalue weighted by atomic mass is 10.0. The third-order valence-electron chi connectivity index (χ3n) is 2.61. The fraction of sp³-hybridized carbons (Fsp3) is 0.600. The van der Waals surface area contributed by atoms with E-state index in [1.54, 1.807) is 0 Å². The van der Waals surface area contributed by atoms with Gasteiger partial charge in [-0.05, 0) is 44.7 Å². The summed E-state index contributed by atoms with van der Waals surface area (Å²) < 4.78 is 5.28.